The monoisotopic (exact) mass is 726 g/mol. The minimum Gasteiger partial charge on any atom is -0.489 e. The summed E-state index contributed by atoms with van der Waals surface area (Å²) in [4.78, 5) is 23.5. The number of ether oxygens (including phenoxy) is 2. The summed E-state index contributed by atoms with van der Waals surface area (Å²) in [7, 11) is -7.56. The Labute approximate surface area is 278 Å². The Morgan fingerprint density at radius 1 is 0.652 bits per heavy atom. The van der Waals surface area contributed by atoms with Gasteiger partial charge in [-0.2, -0.15) is 0 Å². The third kappa shape index (κ3) is 11.8. The molecule has 0 bridgehead atoms. The molecular formula is C30H38Cl2F2N2O8S2. The van der Waals surface area contributed by atoms with Crippen LogP contribution in [0.1, 0.15) is 85.9 Å². The van der Waals surface area contributed by atoms with Gasteiger partial charge >= 0.3 is 0 Å². The van der Waals surface area contributed by atoms with Gasteiger partial charge in [0.2, 0.25) is 20.0 Å². The van der Waals surface area contributed by atoms with E-state index in [2.05, 4.69) is 13.8 Å². The summed E-state index contributed by atoms with van der Waals surface area (Å²) in [5.74, 6) is -2.24. The highest BCUT2D eigenvalue weighted by Gasteiger charge is 2.25. The average molecular weight is 728 g/mol. The van der Waals surface area contributed by atoms with E-state index in [1.807, 2.05) is 0 Å². The van der Waals surface area contributed by atoms with Gasteiger partial charge in [-0.15, -0.1) is 0 Å². The van der Waals surface area contributed by atoms with E-state index in [-0.39, 0.29) is 33.8 Å². The van der Waals surface area contributed by atoms with E-state index in [0.717, 1.165) is 88.1 Å². The van der Waals surface area contributed by atoms with E-state index in [0.29, 0.717) is 11.8 Å². The van der Waals surface area contributed by atoms with Crippen LogP contribution >= 0.6 is 23.2 Å². The second-order valence-corrected chi connectivity index (χ2v) is 16.2. The number of halogens is 4. The Morgan fingerprint density at radius 3 is 1.24 bits per heavy atom. The lowest BCUT2D eigenvalue weighted by Crippen LogP contribution is -2.30. The Kier molecular flexibility index (Phi) is 13.1. The van der Waals surface area contributed by atoms with Crippen molar-refractivity contribution >= 4 is 55.1 Å². The average Bonchev–Trinajstić information content (AvgIpc) is 2.93. The zero-order chi connectivity index (χ0) is 34.4. The largest absolute Gasteiger partial charge is 0.489 e. The molecule has 0 unspecified atom stereocenters. The maximum atomic E-state index is 14.1. The fourth-order valence-corrected chi connectivity index (χ4v) is 6.40. The van der Waals surface area contributed by atoms with Crippen molar-refractivity contribution in [2.45, 2.75) is 77.4 Å². The minimum absolute atomic E-state index is 0.0289. The molecule has 10 nitrogen and oxygen atoms in total. The van der Waals surface area contributed by atoms with E-state index in [1.54, 1.807) is 9.44 Å². The highest BCUT2D eigenvalue weighted by atomic mass is 35.5. The first-order chi connectivity index (χ1) is 21.3. The van der Waals surface area contributed by atoms with Gasteiger partial charge < -0.3 is 9.47 Å². The van der Waals surface area contributed by atoms with Crippen LogP contribution in [0.15, 0.2) is 24.3 Å². The van der Waals surface area contributed by atoms with Crippen LogP contribution in [0.3, 0.4) is 0 Å². The van der Waals surface area contributed by atoms with Crippen molar-refractivity contribution < 1.29 is 44.7 Å². The number of hydrogen-bond donors (Lipinski definition) is 2. The normalized spacial score (nSPS) is 21.7. The molecule has 0 spiro atoms. The van der Waals surface area contributed by atoms with Gasteiger partial charge in [0.15, 0.2) is 0 Å². The second-order valence-electron chi connectivity index (χ2n) is 11.9. The topological polar surface area (TPSA) is 145 Å². The molecule has 0 aliphatic heterocycles. The molecule has 2 aromatic rings. The first kappa shape index (κ1) is 37.8. The van der Waals surface area contributed by atoms with Gasteiger partial charge in [-0.3, -0.25) is 9.59 Å². The highest BCUT2D eigenvalue weighted by molar-refractivity contribution is 7.89. The number of benzene rings is 2. The third-order valence-electron chi connectivity index (χ3n) is 7.60. The lowest BCUT2D eigenvalue weighted by Gasteiger charge is -2.27. The summed E-state index contributed by atoms with van der Waals surface area (Å²) < 4.78 is 87.2. The van der Waals surface area contributed by atoms with Crippen molar-refractivity contribution in [1.82, 2.24) is 9.44 Å². The van der Waals surface area contributed by atoms with Gasteiger partial charge in [0.1, 0.15) is 23.1 Å². The molecule has 0 atom stereocenters. The molecule has 2 aliphatic rings. The maximum absolute atomic E-state index is 14.1. The van der Waals surface area contributed by atoms with Crippen LogP contribution in [0.5, 0.6) is 11.5 Å². The van der Waals surface area contributed by atoms with Crippen LogP contribution in [0.25, 0.3) is 0 Å². The molecule has 2 aliphatic carbocycles. The Morgan fingerprint density at radius 2 is 0.957 bits per heavy atom. The molecule has 4 rings (SSSR count). The van der Waals surface area contributed by atoms with Crippen molar-refractivity contribution in [3.8, 4) is 11.5 Å². The Bertz CT molecular complexity index is 1520. The van der Waals surface area contributed by atoms with E-state index >= 15 is 0 Å². The van der Waals surface area contributed by atoms with Gasteiger partial charge in [-0.1, -0.05) is 37.0 Å². The van der Waals surface area contributed by atoms with Gasteiger partial charge in [-0.25, -0.2) is 35.1 Å². The SMILES string of the molecule is CC1CCC(Oc2cc(F)c(C(=O)NS(C)(=O)=O)cc2Cl)CC1.CC1CCC(Oc2cc(F)c(C(=O)NS(C)(=O)=O)cc2Cl)CC1. The molecule has 2 N–H and O–H groups in total. The molecule has 16 heteroatoms. The lowest BCUT2D eigenvalue weighted by atomic mass is 9.89. The summed E-state index contributed by atoms with van der Waals surface area (Å²) in [6.07, 6.45) is 9.21. The number of nitrogens with one attached hydrogen (secondary N) is 2. The summed E-state index contributed by atoms with van der Waals surface area (Å²) in [6.45, 7) is 4.36. The summed E-state index contributed by atoms with van der Waals surface area (Å²) in [5, 5.41) is 0.146. The molecule has 2 saturated carbocycles. The predicted molar refractivity (Wildman–Crippen MR) is 172 cm³/mol. The van der Waals surface area contributed by atoms with Crippen LogP contribution in [0.2, 0.25) is 10.0 Å². The van der Waals surface area contributed by atoms with Gasteiger partial charge in [0.25, 0.3) is 11.8 Å². The van der Waals surface area contributed by atoms with E-state index < -0.39 is 54.6 Å². The summed E-state index contributed by atoms with van der Waals surface area (Å²) in [5.41, 5.74) is -0.880. The molecule has 2 amide bonds. The Hall–Kier alpha value is -2.68. The smallest absolute Gasteiger partial charge is 0.267 e. The van der Waals surface area contributed by atoms with Crippen molar-refractivity contribution in [2.75, 3.05) is 12.5 Å². The molecule has 2 aromatic carbocycles. The second kappa shape index (κ2) is 15.9. The van der Waals surface area contributed by atoms with Crippen molar-refractivity contribution in [2.24, 2.45) is 11.8 Å². The van der Waals surface area contributed by atoms with Crippen LogP contribution in [0, 0.1) is 23.5 Å². The Balaban J connectivity index is 0.000000250. The zero-order valence-electron chi connectivity index (χ0n) is 25.9. The quantitative estimate of drug-likeness (QED) is 0.325. The number of amides is 2. The molecule has 0 heterocycles. The van der Waals surface area contributed by atoms with Gasteiger partial charge in [0.05, 0.1) is 45.9 Å². The van der Waals surface area contributed by atoms with E-state index in [9.17, 15) is 35.2 Å². The summed E-state index contributed by atoms with van der Waals surface area (Å²) in [6, 6.07) is 4.21. The van der Waals surface area contributed by atoms with Gasteiger partial charge in [-0.05, 0) is 75.3 Å². The van der Waals surface area contributed by atoms with Crippen molar-refractivity contribution in [3.63, 3.8) is 0 Å². The number of hydrogen-bond acceptors (Lipinski definition) is 8. The molecule has 256 valence electrons. The number of sulfonamides is 2. The molecular weight excluding hydrogens is 689 g/mol. The van der Waals surface area contributed by atoms with Crippen molar-refractivity contribution in [3.05, 3.63) is 57.1 Å². The molecule has 2 fully saturated rings. The van der Waals surface area contributed by atoms with E-state index in [4.69, 9.17) is 32.7 Å². The van der Waals surface area contributed by atoms with Crippen molar-refractivity contribution in [1.29, 1.82) is 0 Å². The molecule has 0 radical (unpaired) electrons. The van der Waals surface area contributed by atoms with Crippen LogP contribution < -0.4 is 18.9 Å². The first-order valence-corrected chi connectivity index (χ1v) is 19.2. The van der Waals surface area contributed by atoms with Crippen LogP contribution in [-0.4, -0.2) is 53.4 Å². The number of rotatable bonds is 8. The van der Waals surface area contributed by atoms with Crippen LogP contribution in [-0.2, 0) is 20.0 Å². The molecule has 0 aromatic heterocycles. The number of carbonyl (C=O) groups excluding carboxylic acids is 2. The highest BCUT2D eigenvalue weighted by Crippen LogP contribution is 2.34. The lowest BCUT2D eigenvalue weighted by molar-refractivity contribution is 0.0967. The summed E-state index contributed by atoms with van der Waals surface area (Å²) >= 11 is 12.1. The predicted octanol–water partition coefficient (Wildman–Crippen LogP) is 6.25. The minimum atomic E-state index is -3.78. The molecule has 0 saturated heterocycles. The zero-order valence-corrected chi connectivity index (χ0v) is 29.0. The van der Waals surface area contributed by atoms with Gasteiger partial charge in [0, 0.05) is 12.1 Å². The maximum Gasteiger partial charge on any atom is 0.267 e. The fourth-order valence-electron chi connectivity index (χ4n) is 5.09. The third-order valence-corrected chi connectivity index (χ3v) is 9.30. The van der Waals surface area contributed by atoms with E-state index in [1.165, 1.54) is 0 Å². The number of carbonyl (C=O) groups is 2. The fraction of sp³-hybridized carbons (Fsp3) is 0.533. The molecule has 46 heavy (non-hydrogen) atoms. The van der Waals surface area contributed by atoms with Crippen LogP contribution in [0.4, 0.5) is 8.78 Å². The first-order valence-electron chi connectivity index (χ1n) is 14.7. The standard InChI is InChI=1S/2C15H19ClFNO4S/c2*1-9-3-5-10(6-4-9)22-14-8-13(17)11(7-12(14)16)15(19)18-23(2,20)21/h2*7-10H,3-6H2,1-2H3,(H,18,19).